The van der Waals surface area contributed by atoms with Gasteiger partial charge in [0, 0.05) is 18.8 Å². The highest BCUT2D eigenvalue weighted by Gasteiger charge is 2.26. The van der Waals surface area contributed by atoms with Crippen LogP contribution in [-0.4, -0.2) is 16.1 Å². The van der Waals surface area contributed by atoms with E-state index in [-0.39, 0.29) is 6.42 Å². The van der Waals surface area contributed by atoms with E-state index in [2.05, 4.69) is 4.98 Å². The van der Waals surface area contributed by atoms with Crippen molar-refractivity contribution in [3.05, 3.63) is 17.3 Å². The van der Waals surface area contributed by atoms with E-state index < -0.39 is 5.97 Å². The Labute approximate surface area is 94.7 Å². The number of oxazole rings is 1. The second-order valence-corrected chi connectivity index (χ2v) is 4.29. The van der Waals surface area contributed by atoms with Crippen LogP contribution in [0.5, 0.6) is 0 Å². The van der Waals surface area contributed by atoms with Crippen LogP contribution < -0.4 is 0 Å². The number of nitrogens with zero attached hydrogens (tertiary/aromatic N) is 1. The molecule has 0 spiro atoms. The second kappa shape index (κ2) is 4.68. The first-order valence-electron chi connectivity index (χ1n) is 5.91. The SMILES string of the molecule is CCc1oc(CCC(=O)O)nc1C1CCC1. The molecule has 0 radical (unpaired) electrons. The quantitative estimate of drug-likeness (QED) is 0.833. The third-order valence-electron chi connectivity index (χ3n) is 3.14. The number of rotatable bonds is 5. The van der Waals surface area contributed by atoms with Crippen molar-refractivity contribution in [1.29, 1.82) is 0 Å². The molecular weight excluding hydrogens is 206 g/mol. The summed E-state index contributed by atoms with van der Waals surface area (Å²) in [6.45, 7) is 2.05. The Bertz CT molecular complexity index is 380. The van der Waals surface area contributed by atoms with E-state index in [1.807, 2.05) is 6.92 Å². The predicted octanol–water partition coefficient (Wildman–Crippen LogP) is 2.52. The summed E-state index contributed by atoms with van der Waals surface area (Å²) >= 11 is 0. The number of aryl methyl sites for hydroxylation is 2. The van der Waals surface area contributed by atoms with E-state index in [9.17, 15) is 4.79 Å². The minimum Gasteiger partial charge on any atom is -0.481 e. The molecular formula is C12H17NO3. The summed E-state index contributed by atoms with van der Waals surface area (Å²) < 4.78 is 5.60. The topological polar surface area (TPSA) is 63.3 Å². The molecule has 4 nitrogen and oxygen atoms in total. The van der Waals surface area contributed by atoms with Crippen LogP contribution >= 0.6 is 0 Å². The Balaban J connectivity index is 2.08. The Kier molecular flexibility index (Phi) is 3.27. The Morgan fingerprint density at radius 3 is 2.81 bits per heavy atom. The van der Waals surface area contributed by atoms with Gasteiger partial charge in [-0.1, -0.05) is 13.3 Å². The number of aromatic nitrogens is 1. The van der Waals surface area contributed by atoms with Crippen molar-refractivity contribution in [1.82, 2.24) is 4.98 Å². The molecule has 0 amide bonds. The average Bonchev–Trinajstić information content (AvgIpc) is 2.55. The van der Waals surface area contributed by atoms with Crippen LogP contribution in [0.2, 0.25) is 0 Å². The maximum absolute atomic E-state index is 10.5. The number of hydrogen-bond donors (Lipinski definition) is 1. The molecule has 1 fully saturated rings. The number of hydrogen-bond acceptors (Lipinski definition) is 3. The van der Waals surface area contributed by atoms with Gasteiger partial charge in [-0.25, -0.2) is 4.98 Å². The van der Waals surface area contributed by atoms with Crippen molar-refractivity contribution in [3.63, 3.8) is 0 Å². The highest BCUT2D eigenvalue weighted by Crippen LogP contribution is 2.37. The molecule has 2 rings (SSSR count). The molecule has 1 aliphatic carbocycles. The van der Waals surface area contributed by atoms with Gasteiger partial charge in [-0.15, -0.1) is 0 Å². The summed E-state index contributed by atoms with van der Waals surface area (Å²) in [4.78, 5) is 14.9. The molecule has 0 aromatic carbocycles. The average molecular weight is 223 g/mol. The van der Waals surface area contributed by atoms with E-state index in [0.29, 0.717) is 18.2 Å². The highest BCUT2D eigenvalue weighted by atomic mass is 16.4. The zero-order valence-electron chi connectivity index (χ0n) is 9.53. The van der Waals surface area contributed by atoms with Crippen LogP contribution in [0.15, 0.2) is 4.42 Å². The summed E-state index contributed by atoms with van der Waals surface area (Å²) in [5.41, 5.74) is 1.08. The van der Waals surface area contributed by atoms with E-state index >= 15 is 0 Å². The van der Waals surface area contributed by atoms with E-state index in [1.165, 1.54) is 19.3 Å². The molecule has 0 atom stereocenters. The van der Waals surface area contributed by atoms with Crippen molar-refractivity contribution < 1.29 is 14.3 Å². The largest absolute Gasteiger partial charge is 0.481 e. The van der Waals surface area contributed by atoms with Crippen LogP contribution in [0.3, 0.4) is 0 Å². The molecule has 1 aromatic heterocycles. The summed E-state index contributed by atoms with van der Waals surface area (Å²) in [7, 11) is 0. The zero-order chi connectivity index (χ0) is 11.5. The monoisotopic (exact) mass is 223 g/mol. The lowest BCUT2D eigenvalue weighted by atomic mass is 9.82. The minimum absolute atomic E-state index is 0.0910. The standard InChI is InChI=1S/C12H17NO3/c1-2-9-12(8-4-3-5-8)13-10(16-9)6-7-11(14)15/h8H,2-7H2,1H3,(H,14,15). The van der Waals surface area contributed by atoms with Gasteiger partial charge in [0.1, 0.15) is 5.76 Å². The molecule has 1 heterocycles. The van der Waals surface area contributed by atoms with Crippen molar-refractivity contribution in [3.8, 4) is 0 Å². The van der Waals surface area contributed by atoms with Crippen molar-refractivity contribution in [2.75, 3.05) is 0 Å². The molecule has 1 N–H and O–H groups in total. The van der Waals surface area contributed by atoms with E-state index in [0.717, 1.165) is 17.9 Å². The smallest absolute Gasteiger partial charge is 0.303 e. The molecule has 16 heavy (non-hydrogen) atoms. The van der Waals surface area contributed by atoms with Gasteiger partial charge in [0.15, 0.2) is 5.89 Å². The normalized spacial score (nSPS) is 16.1. The maximum atomic E-state index is 10.5. The van der Waals surface area contributed by atoms with Crippen LogP contribution in [0.25, 0.3) is 0 Å². The van der Waals surface area contributed by atoms with Crippen molar-refractivity contribution in [2.24, 2.45) is 0 Å². The van der Waals surface area contributed by atoms with Gasteiger partial charge < -0.3 is 9.52 Å². The number of carboxylic acid groups (broad SMARTS) is 1. The van der Waals surface area contributed by atoms with E-state index in [1.54, 1.807) is 0 Å². The van der Waals surface area contributed by atoms with Gasteiger partial charge in [0.25, 0.3) is 0 Å². The van der Waals surface area contributed by atoms with Gasteiger partial charge in [0.05, 0.1) is 12.1 Å². The molecule has 88 valence electrons. The first-order chi connectivity index (χ1) is 7.70. The van der Waals surface area contributed by atoms with Crippen molar-refractivity contribution >= 4 is 5.97 Å². The summed E-state index contributed by atoms with van der Waals surface area (Å²) in [5.74, 6) is 1.28. The summed E-state index contributed by atoms with van der Waals surface area (Å²) in [6, 6.07) is 0. The second-order valence-electron chi connectivity index (χ2n) is 4.29. The molecule has 1 aromatic rings. The zero-order valence-corrected chi connectivity index (χ0v) is 9.53. The Morgan fingerprint density at radius 1 is 1.56 bits per heavy atom. The van der Waals surface area contributed by atoms with Gasteiger partial charge in [-0.05, 0) is 12.8 Å². The lowest BCUT2D eigenvalue weighted by molar-refractivity contribution is -0.137. The molecule has 0 saturated heterocycles. The van der Waals surface area contributed by atoms with Crippen LogP contribution in [0.4, 0.5) is 0 Å². The fourth-order valence-electron chi connectivity index (χ4n) is 1.99. The lowest BCUT2D eigenvalue weighted by Gasteiger charge is -2.23. The number of carbonyl (C=O) groups is 1. The van der Waals surface area contributed by atoms with Gasteiger partial charge in [-0.3, -0.25) is 4.79 Å². The van der Waals surface area contributed by atoms with Gasteiger partial charge in [-0.2, -0.15) is 0 Å². The fraction of sp³-hybridized carbons (Fsp3) is 0.667. The Morgan fingerprint density at radius 2 is 2.31 bits per heavy atom. The molecule has 1 aliphatic rings. The highest BCUT2D eigenvalue weighted by molar-refractivity contribution is 5.66. The molecule has 0 unspecified atom stereocenters. The fourth-order valence-corrected chi connectivity index (χ4v) is 1.99. The van der Waals surface area contributed by atoms with Gasteiger partial charge in [0.2, 0.25) is 0 Å². The molecule has 0 aliphatic heterocycles. The molecule has 1 saturated carbocycles. The number of aliphatic carboxylic acids is 1. The lowest BCUT2D eigenvalue weighted by Crippen LogP contribution is -2.11. The minimum atomic E-state index is -0.804. The first-order valence-corrected chi connectivity index (χ1v) is 5.91. The Hall–Kier alpha value is -1.32. The first kappa shape index (κ1) is 11.2. The van der Waals surface area contributed by atoms with E-state index in [4.69, 9.17) is 9.52 Å². The molecule has 0 bridgehead atoms. The predicted molar refractivity (Wildman–Crippen MR) is 58.4 cm³/mol. The van der Waals surface area contributed by atoms with Crippen molar-refractivity contribution in [2.45, 2.75) is 51.4 Å². The van der Waals surface area contributed by atoms with Crippen LogP contribution in [-0.2, 0) is 17.6 Å². The number of carboxylic acids is 1. The summed E-state index contributed by atoms with van der Waals surface area (Å²) in [5, 5.41) is 8.61. The summed E-state index contributed by atoms with van der Waals surface area (Å²) in [6.07, 6.45) is 4.98. The van der Waals surface area contributed by atoms with Crippen LogP contribution in [0.1, 0.15) is 55.9 Å². The third-order valence-corrected chi connectivity index (χ3v) is 3.14. The van der Waals surface area contributed by atoms with Crippen LogP contribution in [0, 0.1) is 0 Å². The maximum Gasteiger partial charge on any atom is 0.303 e. The third kappa shape index (κ3) is 2.26. The van der Waals surface area contributed by atoms with Gasteiger partial charge >= 0.3 is 5.97 Å². The molecule has 4 heteroatoms.